The SMILES string of the molecule is CC1=[C-]C(C)(C)C(C)=C1C.CCC[Si]1(C2[C-]=Cc3ccccc32)CCC1.[Cl-].[Cl-].[Zr+4]. The Kier molecular flexibility index (Phi) is 11.7. The Balaban J connectivity index is 0.000000535. The van der Waals surface area contributed by atoms with E-state index in [0.717, 1.165) is 5.54 Å². The predicted octanol–water partition coefficient (Wildman–Crippen LogP) is 1.52. The van der Waals surface area contributed by atoms with Crippen LogP contribution < -0.4 is 24.8 Å². The number of halogens is 2. The van der Waals surface area contributed by atoms with Crippen LogP contribution in [-0.2, 0) is 26.2 Å². The molecule has 4 rings (SSSR count). The number of allylic oxidation sites excluding steroid dienone is 5. The van der Waals surface area contributed by atoms with Crippen molar-refractivity contribution in [1.29, 1.82) is 0 Å². The first-order chi connectivity index (χ1) is 12.3. The van der Waals surface area contributed by atoms with Crippen LogP contribution in [0.1, 0.15) is 71.1 Å². The minimum Gasteiger partial charge on any atom is -1.00 e. The molecule has 0 amide bonds. The largest absolute Gasteiger partial charge is 4.00 e. The summed E-state index contributed by atoms with van der Waals surface area (Å²) in [6.07, 6.45) is 12.2. The molecule has 29 heavy (non-hydrogen) atoms. The molecule has 4 heteroatoms. The summed E-state index contributed by atoms with van der Waals surface area (Å²) in [5.74, 6) is 0. The maximum absolute atomic E-state index is 3.69. The maximum Gasteiger partial charge on any atom is 4.00 e. The van der Waals surface area contributed by atoms with Gasteiger partial charge in [-0.05, 0) is 0 Å². The van der Waals surface area contributed by atoms with E-state index in [9.17, 15) is 0 Å². The van der Waals surface area contributed by atoms with Crippen molar-refractivity contribution in [1.82, 2.24) is 0 Å². The first-order valence-electron chi connectivity index (χ1n) is 10.3. The minimum atomic E-state index is -1.00. The molecule has 1 unspecified atom stereocenters. The van der Waals surface area contributed by atoms with Crippen LogP contribution in [0.4, 0.5) is 0 Å². The second kappa shape index (κ2) is 11.7. The Hall–Kier alpha value is 0.120. The van der Waals surface area contributed by atoms with Gasteiger partial charge in [0, 0.05) is 8.07 Å². The van der Waals surface area contributed by atoms with Crippen LogP contribution in [0.25, 0.3) is 6.08 Å². The maximum atomic E-state index is 3.69. The average Bonchev–Trinajstić information content (AvgIpc) is 3.07. The van der Waals surface area contributed by atoms with Crippen LogP contribution in [0.5, 0.6) is 0 Å². The molecule has 0 bridgehead atoms. The minimum absolute atomic E-state index is 0. The van der Waals surface area contributed by atoms with E-state index in [1.807, 2.05) is 0 Å². The van der Waals surface area contributed by atoms with E-state index in [1.165, 1.54) is 41.2 Å². The van der Waals surface area contributed by atoms with E-state index < -0.39 is 8.07 Å². The Bertz CT molecular complexity index is 773. The van der Waals surface area contributed by atoms with Crippen LogP contribution >= 0.6 is 0 Å². The predicted molar refractivity (Wildman–Crippen MR) is 117 cm³/mol. The van der Waals surface area contributed by atoms with Gasteiger partial charge in [-0.1, -0.05) is 94.7 Å². The molecule has 1 aromatic carbocycles. The topological polar surface area (TPSA) is 0 Å². The fourth-order valence-corrected chi connectivity index (χ4v) is 9.88. The van der Waals surface area contributed by atoms with Crippen molar-refractivity contribution in [2.45, 2.75) is 78.1 Å². The first kappa shape index (κ1) is 29.1. The van der Waals surface area contributed by atoms with Crippen molar-refractivity contribution in [3.05, 3.63) is 64.3 Å². The number of benzene rings is 1. The van der Waals surface area contributed by atoms with Gasteiger partial charge in [-0.15, -0.1) is 18.6 Å². The molecule has 1 heterocycles. The molecule has 0 N–H and O–H groups in total. The molecule has 2 aliphatic carbocycles. The summed E-state index contributed by atoms with van der Waals surface area (Å²) in [7, 11) is -1.00. The number of hydrogen-bond acceptors (Lipinski definition) is 0. The standard InChI is InChI=1S/C15H19Si.C10H15.2ClH.Zr/c1-2-10-16(11-5-12-16)15-9-8-13-6-3-4-7-14(13)15;1-7-6-10(4,5)9(3)8(7)2;;;/h3-4,6-8,15H,2,5,10-12H2,1H3;1-5H3;2*1H;/q2*-1;;;+4/p-2. The van der Waals surface area contributed by atoms with Crippen molar-refractivity contribution in [2.24, 2.45) is 5.41 Å². The number of hydrogen-bond donors (Lipinski definition) is 0. The zero-order valence-electron chi connectivity index (χ0n) is 18.8. The van der Waals surface area contributed by atoms with Crippen LogP contribution in [0.2, 0.25) is 18.1 Å². The van der Waals surface area contributed by atoms with E-state index in [1.54, 1.807) is 17.7 Å². The van der Waals surface area contributed by atoms with Crippen molar-refractivity contribution < 1.29 is 51.0 Å². The summed E-state index contributed by atoms with van der Waals surface area (Å²) in [5.41, 5.74) is 8.13. The van der Waals surface area contributed by atoms with Gasteiger partial charge in [-0.2, -0.15) is 16.7 Å². The van der Waals surface area contributed by atoms with Crippen molar-refractivity contribution in [3.63, 3.8) is 0 Å². The molecule has 0 nitrogen and oxygen atoms in total. The second-order valence-electron chi connectivity index (χ2n) is 8.96. The van der Waals surface area contributed by atoms with Gasteiger partial charge in [0.2, 0.25) is 0 Å². The summed E-state index contributed by atoms with van der Waals surface area (Å²) in [5, 5.41) is 0. The molecule has 1 atom stereocenters. The third-order valence-corrected chi connectivity index (χ3v) is 12.9. The van der Waals surface area contributed by atoms with E-state index in [4.69, 9.17) is 0 Å². The Morgan fingerprint density at radius 3 is 2.10 bits per heavy atom. The van der Waals surface area contributed by atoms with Gasteiger partial charge in [0.15, 0.2) is 0 Å². The van der Waals surface area contributed by atoms with Crippen LogP contribution in [0, 0.1) is 17.6 Å². The zero-order valence-corrected chi connectivity index (χ0v) is 23.7. The Morgan fingerprint density at radius 2 is 1.69 bits per heavy atom. The van der Waals surface area contributed by atoms with Gasteiger partial charge in [0.1, 0.15) is 0 Å². The third kappa shape index (κ3) is 5.88. The third-order valence-electron chi connectivity index (χ3n) is 6.98. The molecule has 1 aromatic rings. The molecule has 3 aliphatic rings. The number of rotatable bonds is 3. The molecule has 0 spiro atoms. The van der Waals surface area contributed by atoms with E-state index in [0.29, 0.717) is 0 Å². The van der Waals surface area contributed by atoms with Gasteiger partial charge in [0.25, 0.3) is 0 Å². The van der Waals surface area contributed by atoms with E-state index in [-0.39, 0.29) is 56.4 Å². The van der Waals surface area contributed by atoms with Gasteiger partial charge < -0.3 is 24.8 Å². The molecule has 0 saturated carbocycles. The van der Waals surface area contributed by atoms with Crippen LogP contribution in [-0.4, -0.2) is 8.07 Å². The molecule has 156 valence electrons. The Morgan fingerprint density at radius 1 is 1.07 bits per heavy atom. The normalized spacial score (nSPS) is 22.0. The summed E-state index contributed by atoms with van der Waals surface area (Å²) in [4.78, 5) is 0. The molecule has 1 aliphatic heterocycles. The summed E-state index contributed by atoms with van der Waals surface area (Å²) in [6, 6.07) is 13.5. The van der Waals surface area contributed by atoms with Gasteiger partial charge in [-0.25, -0.2) is 11.6 Å². The van der Waals surface area contributed by atoms with Gasteiger partial charge in [0.05, 0.1) is 0 Å². The summed E-state index contributed by atoms with van der Waals surface area (Å²) >= 11 is 0. The van der Waals surface area contributed by atoms with Crippen LogP contribution in [0.15, 0.2) is 41.0 Å². The van der Waals surface area contributed by atoms with Crippen molar-refractivity contribution in [2.75, 3.05) is 0 Å². The molecule has 1 saturated heterocycles. The summed E-state index contributed by atoms with van der Waals surface area (Å²) in [6.45, 7) is 13.3. The van der Waals surface area contributed by atoms with E-state index in [2.05, 4.69) is 84.0 Å². The molecule has 1 fully saturated rings. The van der Waals surface area contributed by atoms with Gasteiger partial charge in [-0.3, -0.25) is 12.2 Å². The molecular formula is C25H34Cl2SiZr. The quantitative estimate of drug-likeness (QED) is 0.416. The fraction of sp³-hybridized carbons (Fsp3) is 0.520. The molecule has 0 radical (unpaired) electrons. The average molecular weight is 525 g/mol. The number of fused-ring (bicyclic) bond motifs is 1. The van der Waals surface area contributed by atoms with Crippen LogP contribution in [0.3, 0.4) is 0 Å². The first-order valence-corrected chi connectivity index (χ1v) is 13.0. The second-order valence-corrected chi connectivity index (χ2v) is 13.8. The smallest absolute Gasteiger partial charge is 1.00 e. The molecule has 0 aromatic heterocycles. The van der Waals surface area contributed by atoms with Crippen molar-refractivity contribution in [3.8, 4) is 0 Å². The van der Waals surface area contributed by atoms with Crippen molar-refractivity contribution >= 4 is 14.1 Å². The molecular weight excluding hydrogens is 490 g/mol. The zero-order chi connectivity index (χ0) is 18.9. The Labute approximate surface area is 211 Å². The fourth-order valence-electron chi connectivity index (χ4n) is 4.89. The van der Waals surface area contributed by atoms with Gasteiger partial charge >= 0.3 is 26.2 Å². The monoisotopic (exact) mass is 522 g/mol. The van der Waals surface area contributed by atoms with E-state index >= 15 is 0 Å². The summed E-state index contributed by atoms with van der Waals surface area (Å²) < 4.78 is 0.